The zero-order chi connectivity index (χ0) is 9.52. The highest BCUT2D eigenvalue weighted by molar-refractivity contribution is 5.09. The Morgan fingerprint density at radius 3 is 2.77 bits per heavy atom. The van der Waals surface area contributed by atoms with Crippen LogP contribution in [-0.2, 0) is 6.42 Å². The molecule has 0 unspecified atom stereocenters. The first-order valence-electron chi connectivity index (χ1n) is 4.92. The van der Waals surface area contributed by atoms with Gasteiger partial charge in [0.2, 0.25) is 0 Å². The lowest BCUT2D eigenvalue weighted by Crippen LogP contribution is -1.88. The first kappa shape index (κ1) is 10.2. The summed E-state index contributed by atoms with van der Waals surface area (Å²) in [6.45, 7) is 2.18. The molecular formula is C11H16FN. The van der Waals surface area contributed by atoms with Crippen molar-refractivity contribution in [2.24, 2.45) is 0 Å². The quantitative estimate of drug-likeness (QED) is 0.635. The predicted octanol–water partition coefficient (Wildman–Crippen LogP) is 3.34. The van der Waals surface area contributed by atoms with Crippen molar-refractivity contribution < 1.29 is 4.39 Å². The number of rotatable bonds is 5. The summed E-state index contributed by atoms with van der Waals surface area (Å²) < 4.78 is 12.7. The fourth-order valence-corrected chi connectivity index (χ4v) is 1.35. The average molecular weight is 181 g/mol. The molecule has 0 saturated heterocycles. The Hall–Kier alpha value is -0.920. The molecule has 1 rings (SSSR count). The van der Waals surface area contributed by atoms with E-state index in [1.165, 1.54) is 25.5 Å². The maximum Gasteiger partial charge on any atom is 0.141 e. The normalized spacial score (nSPS) is 10.3. The van der Waals surface area contributed by atoms with E-state index < -0.39 is 0 Å². The summed E-state index contributed by atoms with van der Waals surface area (Å²) in [4.78, 5) is 3.81. The van der Waals surface area contributed by atoms with E-state index in [1.54, 1.807) is 12.3 Å². The fourth-order valence-electron chi connectivity index (χ4n) is 1.35. The smallest absolute Gasteiger partial charge is 0.141 e. The molecule has 0 saturated carbocycles. The molecule has 0 N–H and O–H groups in total. The van der Waals surface area contributed by atoms with Gasteiger partial charge in [-0.3, -0.25) is 4.98 Å². The van der Waals surface area contributed by atoms with Gasteiger partial charge in [0.15, 0.2) is 0 Å². The molecule has 0 aliphatic rings. The van der Waals surface area contributed by atoms with Crippen molar-refractivity contribution >= 4 is 0 Å². The lowest BCUT2D eigenvalue weighted by molar-refractivity contribution is 0.614. The van der Waals surface area contributed by atoms with Crippen molar-refractivity contribution in [3.8, 4) is 0 Å². The molecule has 13 heavy (non-hydrogen) atoms. The lowest BCUT2D eigenvalue weighted by atomic mass is 10.1. The number of nitrogens with zero attached hydrogens (tertiary/aromatic N) is 1. The molecule has 1 aromatic heterocycles. The fraction of sp³-hybridized carbons (Fsp3) is 0.545. The van der Waals surface area contributed by atoms with Gasteiger partial charge in [-0.2, -0.15) is 0 Å². The molecule has 0 amide bonds. The third kappa shape index (κ3) is 4.02. The maximum absolute atomic E-state index is 12.7. The van der Waals surface area contributed by atoms with Gasteiger partial charge >= 0.3 is 0 Å². The molecule has 0 spiro atoms. The van der Waals surface area contributed by atoms with Crippen LogP contribution in [0.2, 0.25) is 0 Å². The molecule has 1 nitrogen and oxygen atoms in total. The number of halogens is 1. The molecule has 72 valence electrons. The van der Waals surface area contributed by atoms with Crippen molar-refractivity contribution in [2.75, 3.05) is 0 Å². The Morgan fingerprint density at radius 2 is 2.08 bits per heavy atom. The van der Waals surface area contributed by atoms with Crippen LogP contribution in [0.1, 0.15) is 38.2 Å². The molecule has 1 heterocycles. The van der Waals surface area contributed by atoms with Gasteiger partial charge in [-0.05, 0) is 24.5 Å². The summed E-state index contributed by atoms with van der Waals surface area (Å²) in [6.07, 6.45) is 8.81. The van der Waals surface area contributed by atoms with Crippen molar-refractivity contribution in [3.63, 3.8) is 0 Å². The van der Waals surface area contributed by atoms with Gasteiger partial charge in [-0.15, -0.1) is 0 Å². The van der Waals surface area contributed by atoms with Gasteiger partial charge in [0.05, 0.1) is 6.20 Å². The number of unbranched alkanes of at least 4 members (excludes halogenated alkanes) is 3. The molecule has 0 radical (unpaired) electrons. The number of hydrogen-bond donors (Lipinski definition) is 0. The number of aromatic nitrogens is 1. The summed E-state index contributed by atoms with van der Waals surface area (Å²) in [7, 11) is 0. The molecule has 0 fully saturated rings. The molecule has 0 aliphatic heterocycles. The van der Waals surface area contributed by atoms with Crippen LogP contribution >= 0.6 is 0 Å². The standard InChI is InChI=1S/C11H16FN/c1-2-3-4-5-6-10-7-11(12)9-13-8-10/h7-9H,2-6H2,1H3. The van der Waals surface area contributed by atoms with Crippen LogP contribution in [0.3, 0.4) is 0 Å². The summed E-state index contributed by atoms with van der Waals surface area (Å²) in [6, 6.07) is 1.57. The Morgan fingerprint density at radius 1 is 1.23 bits per heavy atom. The van der Waals surface area contributed by atoms with E-state index in [0.29, 0.717) is 0 Å². The zero-order valence-corrected chi connectivity index (χ0v) is 8.09. The van der Waals surface area contributed by atoms with Crippen molar-refractivity contribution in [1.29, 1.82) is 0 Å². The monoisotopic (exact) mass is 181 g/mol. The van der Waals surface area contributed by atoms with E-state index in [-0.39, 0.29) is 5.82 Å². The molecule has 0 aromatic carbocycles. The van der Waals surface area contributed by atoms with Crippen LogP contribution in [0, 0.1) is 5.82 Å². The zero-order valence-electron chi connectivity index (χ0n) is 8.09. The van der Waals surface area contributed by atoms with Crippen molar-refractivity contribution in [2.45, 2.75) is 39.0 Å². The number of hydrogen-bond acceptors (Lipinski definition) is 1. The van der Waals surface area contributed by atoms with Crippen LogP contribution in [0.15, 0.2) is 18.5 Å². The number of pyridine rings is 1. The highest BCUT2D eigenvalue weighted by Crippen LogP contribution is 2.07. The Labute approximate surface area is 79.0 Å². The van der Waals surface area contributed by atoms with E-state index in [1.807, 2.05) is 0 Å². The minimum absolute atomic E-state index is 0.229. The third-order valence-corrected chi connectivity index (χ3v) is 2.08. The summed E-state index contributed by atoms with van der Waals surface area (Å²) in [5.74, 6) is -0.229. The average Bonchev–Trinajstić information content (AvgIpc) is 2.13. The largest absolute Gasteiger partial charge is 0.261 e. The Balaban J connectivity index is 2.28. The van der Waals surface area contributed by atoms with E-state index in [4.69, 9.17) is 0 Å². The van der Waals surface area contributed by atoms with Gasteiger partial charge in [0.25, 0.3) is 0 Å². The van der Waals surface area contributed by atoms with Crippen molar-refractivity contribution in [1.82, 2.24) is 4.98 Å². The van der Waals surface area contributed by atoms with Crippen LogP contribution in [-0.4, -0.2) is 4.98 Å². The van der Waals surface area contributed by atoms with Gasteiger partial charge in [-0.25, -0.2) is 4.39 Å². The molecule has 1 aromatic rings. The highest BCUT2D eigenvalue weighted by Gasteiger charge is 1.95. The first-order chi connectivity index (χ1) is 6.33. The molecule has 0 atom stereocenters. The minimum Gasteiger partial charge on any atom is -0.261 e. The van der Waals surface area contributed by atoms with Crippen molar-refractivity contribution in [3.05, 3.63) is 29.8 Å². The van der Waals surface area contributed by atoms with Crippen LogP contribution in [0.4, 0.5) is 4.39 Å². The Bertz CT molecular complexity index is 248. The van der Waals surface area contributed by atoms with E-state index in [0.717, 1.165) is 18.4 Å². The topological polar surface area (TPSA) is 12.9 Å². The first-order valence-corrected chi connectivity index (χ1v) is 4.92. The second kappa shape index (κ2) is 5.68. The van der Waals surface area contributed by atoms with Crippen LogP contribution in [0.25, 0.3) is 0 Å². The van der Waals surface area contributed by atoms with Crippen LogP contribution in [0.5, 0.6) is 0 Å². The van der Waals surface area contributed by atoms with Crippen LogP contribution < -0.4 is 0 Å². The summed E-state index contributed by atoms with van der Waals surface area (Å²) >= 11 is 0. The van der Waals surface area contributed by atoms with E-state index in [9.17, 15) is 4.39 Å². The second-order valence-corrected chi connectivity index (χ2v) is 3.32. The predicted molar refractivity (Wildman–Crippen MR) is 52.0 cm³/mol. The van der Waals surface area contributed by atoms with E-state index in [2.05, 4.69) is 11.9 Å². The highest BCUT2D eigenvalue weighted by atomic mass is 19.1. The lowest BCUT2D eigenvalue weighted by Gasteiger charge is -1.99. The molecule has 0 aliphatic carbocycles. The van der Waals surface area contributed by atoms with Gasteiger partial charge in [0, 0.05) is 6.20 Å². The molecular weight excluding hydrogens is 165 g/mol. The van der Waals surface area contributed by atoms with E-state index >= 15 is 0 Å². The molecule has 2 heteroatoms. The maximum atomic E-state index is 12.7. The van der Waals surface area contributed by atoms with Gasteiger partial charge < -0.3 is 0 Å². The molecule has 0 bridgehead atoms. The second-order valence-electron chi connectivity index (χ2n) is 3.32. The van der Waals surface area contributed by atoms with Gasteiger partial charge in [0.1, 0.15) is 5.82 Å². The number of aryl methyl sites for hydroxylation is 1. The summed E-state index contributed by atoms with van der Waals surface area (Å²) in [5, 5.41) is 0. The van der Waals surface area contributed by atoms with Gasteiger partial charge in [-0.1, -0.05) is 26.2 Å². The third-order valence-electron chi connectivity index (χ3n) is 2.08. The minimum atomic E-state index is -0.229. The summed E-state index contributed by atoms with van der Waals surface area (Å²) in [5.41, 5.74) is 1.01. The SMILES string of the molecule is CCCCCCc1cncc(F)c1. The Kier molecular flexibility index (Phi) is 4.44.